The van der Waals surface area contributed by atoms with Crippen LogP contribution >= 0.6 is 0 Å². The number of ether oxygens (including phenoxy) is 2. The number of carbonyl (C=O) groups excluding carboxylic acids is 1. The van der Waals surface area contributed by atoms with Crippen molar-refractivity contribution in [3.63, 3.8) is 0 Å². The van der Waals surface area contributed by atoms with Gasteiger partial charge in [-0.15, -0.1) is 0 Å². The molecule has 8 nitrogen and oxygen atoms in total. The summed E-state index contributed by atoms with van der Waals surface area (Å²) in [6.45, 7) is 8.28. The van der Waals surface area contributed by atoms with Gasteiger partial charge in [0.05, 0.1) is 0 Å². The van der Waals surface area contributed by atoms with Crippen LogP contribution in [-0.2, 0) is 17.6 Å². The number of unbranched alkanes of at least 4 members (excludes halogenated alkanes) is 4. The third-order valence-corrected chi connectivity index (χ3v) is 9.58. The second kappa shape index (κ2) is 16.8. The summed E-state index contributed by atoms with van der Waals surface area (Å²) in [5.74, 6) is -0.962. The number of carbonyl (C=O) groups is 2. The van der Waals surface area contributed by atoms with E-state index in [1.165, 1.54) is 17.2 Å². The Hall–Kier alpha value is -3.94. The maximum atomic E-state index is 12.4. The van der Waals surface area contributed by atoms with Crippen LogP contribution in [0.25, 0.3) is 0 Å². The lowest BCUT2D eigenvalue weighted by atomic mass is 9.83. The van der Waals surface area contributed by atoms with E-state index >= 15 is 0 Å². The van der Waals surface area contributed by atoms with Crippen LogP contribution in [-0.4, -0.2) is 39.2 Å². The van der Waals surface area contributed by atoms with E-state index in [2.05, 4.69) is 26.8 Å². The standard InChI is InChI=1S/C20H26O4.C19H26O4/c1-3-4-5-8-15-11-16(21)17(14-9-6-7-13(2)10-14)19-18(15)20(22)24-12-23-19;1-3-4-5-8-14-11-15(20)16(18(21)17(14)19(22)23)13-9-6-7-12(2)10-13/h10-11,14,21H,3-9,12H2,1-2H3;10-11,13,20-21H,3-9H2,1-2H3,(H,22,23). The number of cyclic esters (lactones) is 1. The Balaban J connectivity index is 0.000000213. The molecule has 2 aliphatic carbocycles. The fourth-order valence-electron chi connectivity index (χ4n) is 7.19. The Bertz CT molecular complexity index is 1500. The molecule has 0 spiro atoms. The molecule has 0 aromatic heterocycles. The normalized spacial score (nSPS) is 18.9. The van der Waals surface area contributed by atoms with Crippen molar-refractivity contribution in [3.8, 4) is 23.0 Å². The van der Waals surface area contributed by atoms with Crippen LogP contribution in [0.5, 0.6) is 23.0 Å². The van der Waals surface area contributed by atoms with Crippen molar-refractivity contribution in [2.75, 3.05) is 6.79 Å². The molecule has 0 bridgehead atoms. The minimum absolute atomic E-state index is 0.00921. The SMILES string of the molecule is CCCCCc1cc(O)c(C2C=C(C)CCC2)c(O)c1C(=O)O.CCCCCc1cc(O)c(C2C=C(C)CCC2)c2c1C(=O)OCO2. The molecule has 0 saturated heterocycles. The molecular weight excluding hydrogens is 596 g/mol. The van der Waals surface area contributed by atoms with Gasteiger partial charge in [-0.2, -0.15) is 0 Å². The number of benzene rings is 2. The number of hydrogen-bond acceptors (Lipinski definition) is 7. The van der Waals surface area contributed by atoms with E-state index in [1.807, 2.05) is 13.0 Å². The second-order valence-corrected chi connectivity index (χ2v) is 13.3. The fraction of sp³-hybridized carbons (Fsp3) is 0.538. The summed E-state index contributed by atoms with van der Waals surface area (Å²) in [6.07, 6.45) is 17.5. The van der Waals surface area contributed by atoms with Crippen LogP contribution in [0.1, 0.15) is 160 Å². The molecule has 5 rings (SSSR count). The highest BCUT2D eigenvalue weighted by atomic mass is 16.7. The van der Waals surface area contributed by atoms with Gasteiger partial charge in [0.15, 0.2) is 0 Å². The van der Waals surface area contributed by atoms with Gasteiger partial charge < -0.3 is 29.9 Å². The van der Waals surface area contributed by atoms with Gasteiger partial charge in [0.2, 0.25) is 6.79 Å². The number of aromatic hydroxyl groups is 3. The number of carboxylic acids is 1. The van der Waals surface area contributed by atoms with Crippen molar-refractivity contribution < 1.29 is 39.5 Å². The summed E-state index contributed by atoms with van der Waals surface area (Å²) in [5.41, 5.74) is 5.46. The molecule has 2 aromatic rings. The number of carboxylic acid groups (broad SMARTS) is 1. The van der Waals surface area contributed by atoms with Gasteiger partial charge in [0.25, 0.3) is 0 Å². The Morgan fingerprint density at radius 2 is 1.32 bits per heavy atom. The van der Waals surface area contributed by atoms with Crippen LogP contribution in [0.3, 0.4) is 0 Å². The van der Waals surface area contributed by atoms with Gasteiger partial charge >= 0.3 is 11.9 Å². The van der Waals surface area contributed by atoms with Gasteiger partial charge in [0, 0.05) is 23.0 Å². The third kappa shape index (κ3) is 8.70. The summed E-state index contributed by atoms with van der Waals surface area (Å²) >= 11 is 0. The Labute approximate surface area is 279 Å². The smallest absolute Gasteiger partial charge is 0.345 e. The fourth-order valence-corrected chi connectivity index (χ4v) is 7.19. The predicted octanol–water partition coefficient (Wildman–Crippen LogP) is 9.59. The molecule has 0 fully saturated rings. The number of aryl methyl sites for hydroxylation is 2. The van der Waals surface area contributed by atoms with E-state index in [0.29, 0.717) is 28.9 Å². The molecule has 2 atom stereocenters. The minimum Gasteiger partial charge on any atom is -0.507 e. The number of phenols is 3. The summed E-state index contributed by atoms with van der Waals surface area (Å²) in [5, 5.41) is 41.1. The van der Waals surface area contributed by atoms with E-state index in [1.54, 1.807) is 6.07 Å². The number of phenolic OH excluding ortho intramolecular Hbond substituents is 2. The van der Waals surface area contributed by atoms with Crippen molar-refractivity contribution in [2.45, 2.75) is 129 Å². The van der Waals surface area contributed by atoms with E-state index in [-0.39, 0.29) is 47.4 Å². The molecule has 1 aliphatic heterocycles. The number of aromatic carboxylic acids is 1. The van der Waals surface area contributed by atoms with Gasteiger partial charge in [-0.05, 0) is 101 Å². The van der Waals surface area contributed by atoms with Crippen molar-refractivity contribution in [1.29, 1.82) is 0 Å². The Morgan fingerprint density at radius 3 is 1.87 bits per heavy atom. The monoisotopic (exact) mass is 648 g/mol. The zero-order valence-electron chi connectivity index (χ0n) is 28.5. The molecule has 0 saturated carbocycles. The van der Waals surface area contributed by atoms with Crippen LogP contribution < -0.4 is 4.74 Å². The molecule has 4 N–H and O–H groups in total. The summed E-state index contributed by atoms with van der Waals surface area (Å²) in [6, 6.07) is 3.28. The number of rotatable bonds is 11. The molecule has 1 heterocycles. The van der Waals surface area contributed by atoms with Crippen molar-refractivity contribution in [3.05, 3.63) is 68.8 Å². The lowest BCUT2D eigenvalue weighted by Gasteiger charge is -2.28. The van der Waals surface area contributed by atoms with E-state index in [9.17, 15) is 30.0 Å². The first-order chi connectivity index (χ1) is 22.6. The van der Waals surface area contributed by atoms with Crippen LogP contribution in [0, 0.1) is 0 Å². The zero-order chi connectivity index (χ0) is 34.1. The van der Waals surface area contributed by atoms with Crippen molar-refractivity contribution >= 4 is 11.9 Å². The molecule has 0 amide bonds. The average molecular weight is 649 g/mol. The molecule has 3 aliphatic rings. The molecule has 47 heavy (non-hydrogen) atoms. The molecule has 256 valence electrons. The average Bonchev–Trinajstić information content (AvgIpc) is 3.01. The van der Waals surface area contributed by atoms with Gasteiger partial charge in [-0.25, -0.2) is 9.59 Å². The molecular formula is C39H52O8. The molecule has 2 unspecified atom stereocenters. The van der Waals surface area contributed by atoms with Gasteiger partial charge in [0.1, 0.15) is 34.1 Å². The van der Waals surface area contributed by atoms with Crippen molar-refractivity contribution in [2.24, 2.45) is 0 Å². The summed E-state index contributed by atoms with van der Waals surface area (Å²) in [4.78, 5) is 24.0. The number of fused-ring (bicyclic) bond motifs is 1. The first-order valence-electron chi connectivity index (χ1n) is 17.4. The van der Waals surface area contributed by atoms with Crippen LogP contribution in [0.4, 0.5) is 0 Å². The molecule has 8 heteroatoms. The van der Waals surface area contributed by atoms with Crippen molar-refractivity contribution in [1.82, 2.24) is 0 Å². The van der Waals surface area contributed by atoms with Gasteiger partial charge in [-0.1, -0.05) is 62.8 Å². The number of esters is 1. The summed E-state index contributed by atoms with van der Waals surface area (Å²) in [7, 11) is 0. The lowest BCUT2D eigenvalue weighted by Crippen LogP contribution is -2.22. The second-order valence-electron chi connectivity index (χ2n) is 13.3. The number of allylic oxidation sites excluding steroid dienone is 4. The summed E-state index contributed by atoms with van der Waals surface area (Å²) < 4.78 is 10.8. The topological polar surface area (TPSA) is 134 Å². The third-order valence-electron chi connectivity index (χ3n) is 9.58. The maximum absolute atomic E-state index is 12.4. The Morgan fingerprint density at radius 1 is 0.787 bits per heavy atom. The number of hydrogen-bond donors (Lipinski definition) is 4. The largest absolute Gasteiger partial charge is 0.507 e. The minimum atomic E-state index is -1.13. The van der Waals surface area contributed by atoms with E-state index in [0.717, 1.165) is 94.6 Å². The Kier molecular flexibility index (Phi) is 12.8. The highest BCUT2D eigenvalue weighted by molar-refractivity contribution is 5.96. The first-order valence-corrected chi connectivity index (χ1v) is 17.4. The van der Waals surface area contributed by atoms with E-state index in [4.69, 9.17) is 9.47 Å². The lowest BCUT2D eigenvalue weighted by molar-refractivity contribution is 0.00407. The zero-order valence-corrected chi connectivity index (χ0v) is 28.5. The van der Waals surface area contributed by atoms with E-state index < -0.39 is 5.97 Å². The first kappa shape index (κ1) is 35.9. The quantitative estimate of drug-likeness (QED) is 0.108. The van der Waals surface area contributed by atoms with Gasteiger partial charge in [-0.3, -0.25) is 0 Å². The molecule has 0 radical (unpaired) electrons. The predicted molar refractivity (Wildman–Crippen MR) is 183 cm³/mol. The highest BCUT2D eigenvalue weighted by Crippen LogP contribution is 2.46. The highest BCUT2D eigenvalue weighted by Gasteiger charge is 2.32. The maximum Gasteiger partial charge on any atom is 0.345 e. The molecule has 2 aromatic carbocycles. The van der Waals surface area contributed by atoms with Crippen LogP contribution in [0.15, 0.2) is 35.4 Å². The van der Waals surface area contributed by atoms with Crippen LogP contribution in [0.2, 0.25) is 0 Å².